The molecule has 3 aliphatic rings. The number of carbonyl (C=O) groups excluding carboxylic acids is 5. The molecular formula is C32H39F2N7O9. The number of aliphatic carboxylic acids is 1. The van der Waals surface area contributed by atoms with Crippen LogP contribution in [0.5, 0.6) is 5.88 Å². The molecule has 3 N–H and O–H groups in total. The predicted octanol–water partition coefficient (Wildman–Crippen LogP) is 1.06. The summed E-state index contributed by atoms with van der Waals surface area (Å²) < 4.78 is 39.7. The lowest BCUT2D eigenvalue weighted by atomic mass is 10.1. The van der Waals surface area contributed by atoms with E-state index in [0.29, 0.717) is 19.4 Å². The van der Waals surface area contributed by atoms with E-state index < -0.39 is 66.5 Å². The van der Waals surface area contributed by atoms with Gasteiger partial charge >= 0.3 is 12.1 Å². The van der Waals surface area contributed by atoms with Gasteiger partial charge in [0.2, 0.25) is 17.7 Å². The highest BCUT2D eigenvalue weighted by Gasteiger charge is 2.37. The Morgan fingerprint density at radius 2 is 1.70 bits per heavy atom. The highest BCUT2D eigenvalue weighted by atomic mass is 19.2. The van der Waals surface area contributed by atoms with Crippen molar-refractivity contribution in [1.29, 1.82) is 0 Å². The summed E-state index contributed by atoms with van der Waals surface area (Å²) in [5.74, 6) is -5.97. The van der Waals surface area contributed by atoms with Gasteiger partial charge in [-0.2, -0.15) is 5.10 Å². The maximum absolute atomic E-state index is 14.2. The zero-order valence-corrected chi connectivity index (χ0v) is 27.4. The van der Waals surface area contributed by atoms with Gasteiger partial charge in [-0.3, -0.25) is 24.0 Å². The number of hydrogen-bond acceptors (Lipinski definition) is 9. The normalized spacial score (nSPS) is 18.0. The van der Waals surface area contributed by atoms with Crippen molar-refractivity contribution in [2.45, 2.75) is 63.6 Å². The van der Waals surface area contributed by atoms with Crippen LogP contribution in [0, 0.1) is 11.6 Å². The van der Waals surface area contributed by atoms with Gasteiger partial charge < -0.3 is 39.9 Å². The van der Waals surface area contributed by atoms with Crippen LogP contribution in [0.2, 0.25) is 0 Å². The molecule has 0 spiro atoms. The molecule has 1 aromatic carbocycles. The molecule has 1 aromatic heterocycles. The van der Waals surface area contributed by atoms with Gasteiger partial charge in [-0.15, -0.1) is 0 Å². The van der Waals surface area contributed by atoms with Gasteiger partial charge in [-0.1, -0.05) is 0 Å². The van der Waals surface area contributed by atoms with Crippen LogP contribution in [0.15, 0.2) is 24.3 Å². The zero-order chi connectivity index (χ0) is 35.9. The minimum absolute atomic E-state index is 0.0498. The van der Waals surface area contributed by atoms with E-state index in [1.807, 2.05) is 0 Å². The van der Waals surface area contributed by atoms with Crippen molar-refractivity contribution in [3.05, 3.63) is 41.6 Å². The number of amides is 5. The third-order valence-corrected chi connectivity index (χ3v) is 8.57. The summed E-state index contributed by atoms with van der Waals surface area (Å²) in [6.07, 6.45) is 1.66. The van der Waals surface area contributed by atoms with E-state index in [1.165, 1.54) is 20.8 Å². The van der Waals surface area contributed by atoms with Gasteiger partial charge in [-0.25, -0.2) is 18.3 Å². The number of carboxylic acid groups (broad SMARTS) is 1. The first-order valence-corrected chi connectivity index (χ1v) is 16.5. The maximum atomic E-state index is 14.2. The number of halogens is 2. The number of nitrogens with one attached hydrogen (secondary N) is 2. The van der Waals surface area contributed by atoms with Gasteiger partial charge in [-0.05, 0) is 51.2 Å². The molecule has 2 aromatic rings. The van der Waals surface area contributed by atoms with Crippen LogP contribution < -0.4 is 15.4 Å². The summed E-state index contributed by atoms with van der Waals surface area (Å²) in [5, 5.41) is 18.9. The van der Waals surface area contributed by atoms with Crippen LogP contribution in [-0.2, 0) is 23.9 Å². The number of likely N-dealkylation sites (tertiary alicyclic amines) is 1. The second-order valence-electron chi connectivity index (χ2n) is 12.2. The molecule has 16 nitrogen and oxygen atoms in total. The number of carbonyl (C=O) groups is 6. The minimum atomic E-state index is -1.29. The summed E-state index contributed by atoms with van der Waals surface area (Å²) in [4.78, 5) is 80.6. The van der Waals surface area contributed by atoms with E-state index in [2.05, 4.69) is 15.7 Å². The predicted molar refractivity (Wildman–Crippen MR) is 168 cm³/mol. The Morgan fingerprint density at radius 1 is 0.980 bits per heavy atom. The minimum Gasteiger partial charge on any atom is -0.481 e. The quantitative estimate of drug-likeness (QED) is 0.272. The molecule has 1 aliphatic carbocycles. The summed E-state index contributed by atoms with van der Waals surface area (Å²) in [7, 11) is 0. The number of benzene rings is 1. The molecule has 0 radical (unpaired) electrons. The van der Waals surface area contributed by atoms with Crippen LogP contribution in [0.4, 0.5) is 13.6 Å². The van der Waals surface area contributed by atoms with Crippen molar-refractivity contribution < 1.29 is 52.1 Å². The number of aromatic nitrogens is 2. The maximum Gasteiger partial charge on any atom is 0.409 e. The molecular weight excluding hydrogens is 664 g/mol. The Bertz CT molecular complexity index is 1620. The Labute approximate surface area is 285 Å². The van der Waals surface area contributed by atoms with Crippen molar-refractivity contribution in [3.63, 3.8) is 0 Å². The Hall–Kier alpha value is -5.29. The lowest BCUT2D eigenvalue weighted by Gasteiger charge is -2.35. The van der Waals surface area contributed by atoms with Gasteiger partial charge in [0.15, 0.2) is 23.9 Å². The van der Waals surface area contributed by atoms with Crippen LogP contribution in [0.25, 0.3) is 5.69 Å². The molecule has 5 amide bonds. The molecule has 3 heterocycles. The lowest BCUT2D eigenvalue weighted by Crippen LogP contribution is -2.56. The van der Waals surface area contributed by atoms with Crippen LogP contribution in [0.1, 0.15) is 55.9 Å². The molecule has 1 saturated carbocycles. The van der Waals surface area contributed by atoms with E-state index >= 15 is 0 Å². The molecule has 3 fully saturated rings. The highest BCUT2D eigenvalue weighted by Crippen LogP contribution is 2.25. The van der Waals surface area contributed by atoms with Crippen LogP contribution >= 0.6 is 0 Å². The molecule has 50 heavy (non-hydrogen) atoms. The zero-order valence-electron chi connectivity index (χ0n) is 27.4. The van der Waals surface area contributed by atoms with Gasteiger partial charge in [0, 0.05) is 57.3 Å². The smallest absolute Gasteiger partial charge is 0.409 e. The molecule has 2 aliphatic heterocycles. The molecule has 270 valence electrons. The first-order chi connectivity index (χ1) is 23.9. The first-order valence-electron chi connectivity index (χ1n) is 16.5. The molecule has 1 unspecified atom stereocenters. The molecule has 5 rings (SSSR count). The summed E-state index contributed by atoms with van der Waals surface area (Å²) >= 11 is 0. The molecule has 2 atom stereocenters. The fraction of sp³-hybridized carbons (Fsp3) is 0.531. The van der Waals surface area contributed by atoms with Crippen molar-refractivity contribution >= 4 is 35.7 Å². The van der Waals surface area contributed by atoms with Gasteiger partial charge in [0.25, 0.3) is 11.8 Å². The molecule has 2 saturated heterocycles. The van der Waals surface area contributed by atoms with E-state index in [4.69, 9.17) is 9.47 Å². The third-order valence-electron chi connectivity index (χ3n) is 8.57. The monoisotopic (exact) mass is 703 g/mol. The average Bonchev–Trinajstić information content (AvgIpc) is 3.58. The molecule has 0 bridgehead atoms. The van der Waals surface area contributed by atoms with Crippen LogP contribution in [-0.4, -0.2) is 129 Å². The summed E-state index contributed by atoms with van der Waals surface area (Å²) in [6.45, 7) is 2.21. The fourth-order valence-electron chi connectivity index (χ4n) is 5.76. The van der Waals surface area contributed by atoms with Crippen molar-refractivity contribution in [1.82, 2.24) is 35.1 Å². The SMILES string of the molecule is CCOC(=O)N1CCN(C(=O)C(CCC(=O)O)NC(=O)c2cc(OCC(=O)N3CCC[C@H]3C(=O)NC3CC3)n(-c3ccc(F)c(F)c3)n2)CC1. The van der Waals surface area contributed by atoms with Crippen LogP contribution in [0.3, 0.4) is 0 Å². The number of ether oxygens (including phenoxy) is 2. The topological polar surface area (TPSA) is 193 Å². The highest BCUT2D eigenvalue weighted by molar-refractivity contribution is 5.96. The van der Waals surface area contributed by atoms with E-state index in [0.717, 1.165) is 35.7 Å². The summed E-state index contributed by atoms with van der Waals surface area (Å²) in [5.41, 5.74) is -0.383. The molecule has 18 heteroatoms. The standard InChI is InChI=1S/C32H39F2N7O9/c1-2-49-32(48)39-14-12-38(13-15-39)31(47)23(9-10-28(43)44)36-29(45)24-17-27(41(37-24)20-7-8-21(33)22(34)16-20)50-18-26(42)40-11-3-4-25(40)30(46)35-19-5-6-19/h7-8,16-17,19,23,25H,2-6,9-15,18H2,1H3,(H,35,46)(H,36,45)(H,43,44)/t23?,25-/m0/s1. The Balaban J connectivity index is 1.32. The number of carboxylic acids is 1. The lowest BCUT2D eigenvalue weighted by molar-refractivity contribution is -0.140. The number of nitrogens with zero attached hydrogens (tertiary/aromatic N) is 5. The number of rotatable bonds is 13. The van der Waals surface area contributed by atoms with Crippen molar-refractivity contribution in [2.75, 3.05) is 45.9 Å². The second kappa shape index (κ2) is 15.9. The van der Waals surface area contributed by atoms with E-state index in [9.17, 15) is 42.7 Å². The Morgan fingerprint density at radius 3 is 2.36 bits per heavy atom. The average molecular weight is 704 g/mol. The van der Waals surface area contributed by atoms with E-state index in [-0.39, 0.29) is 68.4 Å². The van der Waals surface area contributed by atoms with Crippen molar-refractivity contribution in [3.8, 4) is 11.6 Å². The number of hydrogen-bond donors (Lipinski definition) is 3. The largest absolute Gasteiger partial charge is 0.481 e. The van der Waals surface area contributed by atoms with Crippen molar-refractivity contribution in [2.24, 2.45) is 0 Å². The fourth-order valence-corrected chi connectivity index (χ4v) is 5.76. The Kier molecular flexibility index (Phi) is 11.5. The third kappa shape index (κ3) is 8.83. The number of piperazine rings is 1. The second-order valence-corrected chi connectivity index (χ2v) is 12.2. The first kappa shape index (κ1) is 36.0. The summed E-state index contributed by atoms with van der Waals surface area (Å²) in [6, 6.07) is 2.14. The van der Waals surface area contributed by atoms with Gasteiger partial charge in [0.1, 0.15) is 12.1 Å². The van der Waals surface area contributed by atoms with Gasteiger partial charge in [0.05, 0.1) is 12.3 Å². The van der Waals surface area contributed by atoms with E-state index in [1.54, 1.807) is 6.92 Å².